The van der Waals surface area contributed by atoms with E-state index >= 15 is 0 Å². The number of likely N-dealkylation sites (N-methyl/N-ethyl adjacent to an activating group) is 1. The molecule has 0 aromatic carbocycles. The van der Waals surface area contributed by atoms with Crippen LogP contribution in [0.2, 0.25) is 0 Å². The molecule has 3 heteroatoms. The van der Waals surface area contributed by atoms with Crippen molar-refractivity contribution in [2.75, 3.05) is 40.3 Å². The van der Waals surface area contributed by atoms with E-state index < -0.39 is 0 Å². The molecule has 1 fully saturated rings. The summed E-state index contributed by atoms with van der Waals surface area (Å²) in [5.74, 6) is 0.815. The first kappa shape index (κ1) is 18.9. The fraction of sp³-hybridized carbons (Fsp3) is 1.00. The monoisotopic (exact) mass is 297 g/mol. The second-order valence-electron chi connectivity index (χ2n) is 6.99. The van der Waals surface area contributed by atoms with Crippen molar-refractivity contribution < 1.29 is 0 Å². The van der Waals surface area contributed by atoms with Gasteiger partial charge in [-0.15, -0.1) is 0 Å². The van der Waals surface area contributed by atoms with E-state index in [1.807, 2.05) is 0 Å². The van der Waals surface area contributed by atoms with Gasteiger partial charge < -0.3 is 15.1 Å². The Balaban J connectivity index is 2.41. The summed E-state index contributed by atoms with van der Waals surface area (Å²) in [6, 6.07) is 1.40. The minimum absolute atomic E-state index is 0.676. The Hall–Kier alpha value is -0.120. The SMILES string of the molecule is CCCN1CCCC(NCC(C(CC)CC)N(C)C)CC1. The zero-order valence-electron chi connectivity index (χ0n) is 15.2. The number of nitrogens with one attached hydrogen (secondary N) is 1. The van der Waals surface area contributed by atoms with Crippen molar-refractivity contribution >= 4 is 0 Å². The highest BCUT2D eigenvalue weighted by molar-refractivity contribution is 4.81. The van der Waals surface area contributed by atoms with Crippen LogP contribution in [0.15, 0.2) is 0 Å². The normalized spacial score (nSPS) is 22.7. The molecule has 3 nitrogen and oxygen atoms in total. The van der Waals surface area contributed by atoms with Gasteiger partial charge in [-0.2, -0.15) is 0 Å². The average molecular weight is 298 g/mol. The minimum atomic E-state index is 0.676. The number of hydrogen-bond donors (Lipinski definition) is 1. The van der Waals surface area contributed by atoms with Crippen LogP contribution in [0.5, 0.6) is 0 Å². The van der Waals surface area contributed by atoms with Gasteiger partial charge in [-0.3, -0.25) is 0 Å². The Kier molecular flexibility index (Phi) is 9.54. The minimum Gasteiger partial charge on any atom is -0.312 e. The highest BCUT2D eigenvalue weighted by atomic mass is 15.1. The molecule has 0 aromatic rings. The van der Waals surface area contributed by atoms with Crippen molar-refractivity contribution in [2.24, 2.45) is 5.92 Å². The van der Waals surface area contributed by atoms with E-state index in [1.54, 1.807) is 0 Å². The lowest BCUT2D eigenvalue weighted by Crippen LogP contribution is -2.46. The predicted molar refractivity (Wildman–Crippen MR) is 93.9 cm³/mol. The summed E-state index contributed by atoms with van der Waals surface area (Å²) in [4.78, 5) is 5.07. The Bertz CT molecular complexity index is 251. The van der Waals surface area contributed by atoms with E-state index in [4.69, 9.17) is 0 Å². The molecular formula is C18H39N3. The van der Waals surface area contributed by atoms with Gasteiger partial charge in [0.2, 0.25) is 0 Å². The Morgan fingerprint density at radius 2 is 1.81 bits per heavy atom. The second kappa shape index (κ2) is 10.6. The summed E-state index contributed by atoms with van der Waals surface area (Å²) in [6.07, 6.45) is 7.89. The summed E-state index contributed by atoms with van der Waals surface area (Å²) < 4.78 is 0. The first-order chi connectivity index (χ1) is 10.1. The van der Waals surface area contributed by atoms with E-state index in [2.05, 4.69) is 50.0 Å². The van der Waals surface area contributed by atoms with Crippen LogP contribution in [0.25, 0.3) is 0 Å². The molecule has 21 heavy (non-hydrogen) atoms. The van der Waals surface area contributed by atoms with E-state index in [9.17, 15) is 0 Å². The molecule has 1 N–H and O–H groups in total. The first-order valence-corrected chi connectivity index (χ1v) is 9.24. The van der Waals surface area contributed by atoms with Gasteiger partial charge in [-0.1, -0.05) is 33.6 Å². The van der Waals surface area contributed by atoms with Gasteiger partial charge in [-0.05, 0) is 65.3 Å². The second-order valence-corrected chi connectivity index (χ2v) is 6.99. The van der Waals surface area contributed by atoms with E-state index in [0.717, 1.165) is 18.5 Å². The van der Waals surface area contributed by atoms with Gasteiger partial charge in [0.1, 0.15) is 0 Å². The summed E-state index contributed by atoms with van der Waals surface area (Å²) >= 11 is 0. The molecule has 0 spiro atoms. The maximum atomic E-state index is 3.89. The van der Waals surface area contributed by atoms with Gasteiger partial charge in [0.05, 0.1) is 0 Å². The molecule has 1 aliphatic heterocycles. The highest BCUT2D eigenvalue weighted by Crippen LogP contribution is 2.18. The third-order valence-electron chi connectivity index (χ3n) is 5.23. The fourth-order valence-electron chi connectivity index (χ4n) is 3.79. The van der Waals surface area contributed by atoms with Crippen molar-refractivity contribution in [3.05, 3.63) is 0 Å². The molecule has 126 valence electrons. The Morgan fingerprint density at radius 1 is 1.10 bits per heavy atom. The number of rotatable bonds is 9. The van der Waals surface area contributed by atoms with Gasteiger partial charge in [-0.25, -0.2) is 0 Å². The van der Waals surface area contributed by atoms with Crippen LogP contribution in [0, 0.1) is 5.92 Å². The number of likely N-dealkylation sites (tertiary alicyclic amines) is 1. The fourth-order valence-corrected chi connectivity index (χ4v) is 3.79. The smallest absolute Gasteiger partial charge is 0.0242 e. The molecule has 0 saturated carbocycles. The van der Waals surface area contributed by atoms with Gasteiger partial charge in [0.25, 0.3) is 0 Å². The molecule has 1 aliphatic rings. The molecule has 0 aliphatic carbocycles. The number of hydrogen-bond acceptors (Lipinski definition) is 3. The molecule has 0 aromatic heterocycles. The molecule has 1 saturated heterocycles. The van der Waals surface area contributed by atoms with Crippen LogP contribution in [-0.2, 0) is 0 Å². The zero-order chi connectivity index (χ0) is 15.7. The van der Waals surface area contributed by atoms with Crippen molar-refractivity contribution in [3.63, 3.8) is 0 Å². The molecule has 2 atom stereocenters. The van der Waals surface area contributed by atoms with Crippen molar-refractivity contribution in [3.8, 4) is 0 Å². The largest absolute Gasteiger partial charge is 0.312 e. The topological polar surface area (TPSA) is 18.5 Å². The van der Waals surface area contributed by atoms with Crippen LogP contribution < -0.4 is 5.32 Å². The standard InChI is InChI=1S/C18H39N3/c1-6-12-21-13-9-10-17(11-14-21)19-15-18(20(4)5)16(7-2)8-3/h16-19H,6-15H2,1-5H3. The van der Waals surface area contributed by atoms with Crippen LogP contribution in [0.1, 0.15) is 59.3 Å². The summed E-state index contributed by atoms with van der Waals surface area (Å²) in [6.45, 7) is 12.0. The van der Waals surface area contributed by atoms with E-state index in [1.165, 1.54) is 58.2 Å². The quantitative estimate of drug-likeness (QED) is 0.705. The maximum Gasteiger partial charge on any atom is 0.0242 e. The van der Waals surface area contributed by atoms with Crippen molar-refractivity contribution in [1.82, 2.24) is 15.1 Å². The average Bonchev–Trinajstić information content (AvgIpc) is 2.69. The van der Waals surface area contributed by atoms with Crippen LogP contribution in [-0.4, -0.2) is 62.2 Å². The third-order valence-corrected chi connectivity index (χ3v) is 5.23. The predicted octanol–water partition coefficient (Wildman–Crippen LogP) is 3.21. The Morgan fingerprint density at radius 3 is 2.38 bits per heavy atom. The van der Waals surface area contributed by atoms with Crippen molar-refractivity contribution in [2.45, 2.75) is 71.4 Å². The van der Waals surface area contributed by atoms with Gasteiger partial charge >= 0.3 is 0 Å². The summed E-state index contributed by atoms with van der Waals surface area (Å²) in [7, 11) is 4.47. The molecule has 0 amide bonds. The highest BCUT2D eigenvalue weighted by Gasteiger charge is 2.22. The maximum absolute atomic E-state index is 3.89. The molecule has 0 radical (unpaired) electrons. The molecular weight excluding hydrogens is 258 g/mol. The molecule has 2 unspecified atom stereocenters. The molecule has 1 heterocycles. The van der Waals surface area contributed by atoms with Crippen LogP contribution >= 0.6 is 0 Å². The molecule has 1 rings (SSSR count). The van der Waals surface area contributed by atoms with Crippen molar-refractivity contribution in [1.29, 1.82) is 0 Å². The van der Waals surface area contributed by atoms with Gasteiger partial charge in [0, 0.05) is 18.6 Å². The molecule has 0 bridgehead atoms. The third kappa shape index (κ3) is 6.66. The number of nitrogens with zero attached hydrogens (tertiary/aromatic N) is 2. The zero-order valence-corrected chi connectivity index (χ0v) is 15.2. The first-order valence-electron chi connectivity index (χ1n) is 9.24. The lowest BCUT2D eigenvalue weighted by Gasteiger charge is -2.33. The lowest BCUT2D eigenvalue weighted by molar-refractivity contribution is 0.187. The lowest BCUT2D eigenvalue weighted by atomic mass is 9.93. The van der Waals surface area contributed by atoms with Crippen LogP contribution in [0.4, 0.5) is 0 Å². The van der Waals surface area contributed by atoms with E-state index in [0.29, 0.717) is 6.04 Å². The van der Waals surface area contributed by atoms with Crippen LogP contribution in [0.3, 0.4) is 0 Å². The Labute approximate surface area is 133 Å². The van der Waals surface area contributed by atoms with Gasteiger partial charge in [0.15, 0.2) is 0 Å². The van der Waals surface area contributed by atoms with E-state index in [-0.39, 0.29) is 0 Å². The summed E-state index contributed by atoms with van der Waals surface area (Å²) in [5, 5.41) is 3.89. The summed E-state index contributed by atoms with van der Waals surface area (Å²) in [5.41, 5.74) is 0.